The van der Waals surface area contributed by atoms with Crippen molar-refractivity contribution in [2.24, 2.45) is 0 Å². The first kappa shape index (κ1) is 15.5. The van der Waals surface area contributed by atoms with Gasteiger partial charge in [-0.1, -0.05) is 43.5 Å². The van der Waals surface area contributed by atoms with E-state index in [0.29, 0.717) is 12.3 Å². The third kappa shape index (κ3) is 5.25. The number of benzene rings is 1. The van der Waals surface area contributed by atoms with E-state index in [-0.39, 0.29) is 5.75 Å². The van der Waals surface area contributed by atoms with Gasteiger partial charge in [0.2, 0.25) is 0 Å². The van der Waals surface area contributed by atoms with E-state index in [1.165, 1.54) is 43.2 Å². The molecule has 0 amide bonds. The fraction of sp³-hybridized carbons (Fsp3) is 0.625. The molecule has 0 aromatic heterocycles. The number of hydrogen-bond donors (Lipinski definition) is 1. The van der Waals surface area contributed by atoms with Crippen molar-refractivity contribution in [1.29, 1.82) is 0 Å². The first-order valence-corrected chi connectivity index (χ1v) is 9.19. The van der Waals surface area contributed by atoms with Crippen LogP contribution in [-0.2, 0) is 16.5 Å². The van der Waals surface area contributed by atoms with Gasteiger partial charge >= 0.3 is 0 Å². The van der Waals surface area contributed by atoms with Gasteiger partial charge in [-0.15, -0.1) is 0 Å². The standard InChI is InChI=1S/C16H24O3S/c17-20(18,19)12-5-4-7-14-8-6-11-16(13-14)15-9-2-1-3-10-15/h6,8,11,13,15H,1-5,7,9-10,12H2,(H,17,18,19). The molecule has 0 bridgehead atoms. The van der Waals surface area contributed by atoms with Crippen LogP contribution in [0, 0.1) is 0 Å². The molecule has 0 aliphatic heterocycles. The van der Waals surface area contributed by atoms with Crippen LogP contribution in [0.2, 0.25) is 0 Å². The van der Waals surface area contributed by atoms with Gasteiger partial charge in [0.05, 0.1) is 5.75 Å². The van der Waals surface area contributed by atoms with Crippen LogP contribution < -0.4 is 0 Å². The molecule has 1 aromatic carbocycles. The van der Waals surface area contributed by atoms with E-state index >= 15 is 0 Å². The molecule has 1 fully saturated rings. The molecule has 2 rings (SSSR count). The lowest BCUT2D eigenvalue weighted by atomic mass is 9.83. The fourth-order valence-electron chi connectivity index (χ4n) is 3.05. The van der Waals surface area contributed by atoms with Crippen molar-refractivity contribution in [3.63, 3.8) is 0 Å². The molecule has 0 unspecified atom stereocenters. The Morgan fingerprint density at radius 2 is 1.85 bits per heavy atom. The lowest BCUT2D eigenvalue weighted by Gasteiger charge is -2.22. The molecule has 0 spiro atoms. The summed E-state index contributed by atoms with van der Waals surface area (Å²) in [7, 11) is -3.80. The Morgan fingerprint density at radius 1 is 1.10 bits per heavy atom. The van der Waals surface area contributed by atoms with Gasteiger partial charge in [0.1, 0.15) is 0 Å². The Morgan fingerprint density at radius 3 is 2.55 bits per heavy atom. The van der Waals surface area contributed by atoms with E-state index in [0.717, 1.165) is 12.8 Å². The average molecular weight is 296 g/mol. The summed E-state index contributed by atoms with van der Waals surface area (Å²) in [4.78, 5) is 0. The second-order valence-corrected chi connectivity index (χ2v) is 7.40. The molecule has 1 N–H and O–H groups in total. The summed E-state index contributed by atoms with van der Waals surface area (Å²) < 4.78 is 30.0. The van der Waals surface area contributed by atoms with Crippen molar-refractivity contribution in [1.82, 2.24) is 0 Å². The van der Waals surface area contributed by atoms with Crippen molar-refractivity contribution in [3.05, 3.63) is 35.4 Å². The maximum Gasteiger partial charge on any atom is 0.264 e. The lowest BCUT2D eigenvalue weighted by molar-refractivity contribution is 0.443. The van der Waals surface area contributed by atoms with Gasteiger partial charge in [0, 0.05) is 0 Å². The molecule has 0 radical (unpaired) electrons. The zero-order valence-corrected chi connectivity index (χ0v) is 12.7. The third-order valence-corrected chi connectivity index (χ3v) is 4.95. The van der Waals surface area contributed by atoms with Crippen LogP contribution >= 0.6 is 0 Å². The molecule has 0 saturated heterocycles. The van der Waals surface area contributed by atoms with Gasteiger partial charge in [-0.3, -0.25) is 4.55 Å². The third-order valence-electron chi connectivity index (χ3n) is 4.15. The second kappa shape index (κ2) is 7.23. The van der Waals surface area contributed by atoms with E-state index in [1.807, 2.05) is 0 Å². The predicted molar refractivity (Wildman–Crippen MR) is 81.6 cm³/mol. The van der Waals surface area contributed by atoms with Crippen molar-refractivity contribution in [2.75, 3.05) is 5.75 Å². The number of hydrogen-bond acceptors (Lipinski definition) is 2. The van der Waals surface area contributed by atoms with Crippen molar-refractivity contribution < 1.29 is 13.0 Å². The van der Waals surface area contributed by atoms with Crippen molar-refractivity contribution in [2.45, 2.75) is 57.3 Å². The Labute approximate surface area is 122 Å². The fourth-order valence-corrected chi connectivity index (χ4v) is 3.62. The monoisotopic (exact) mass is 296 g/mol. The average Bonchev–Trinajstić information content (AvgIpc) is 2.44. The van der Waals surface area contributed by atoms with Crippen LogP contribution in [0.15, 0.2) is 24.3 Å². The van der Waals surface area contributed by atoms with E-state index in [1.54, 1.807) is 0 Å². The van der Waals surface area contributed by atoms with Gasteiger partial charge in [-0.05, 0) is 49.1 Å². The molecule has 1 aliphatic carbocycles. The minimum atomic E-state index is -3.80. The number of rotatable bonds is 6. The van der Waals surface area contributed by atoms with E-state index in [4.69, 9.17) is 4.55 Å². The molecule has 1 saturated carbocycles. The molecule has 1 aliphatic rings. The molecule has 0 heterocycles. The summed E-state index contributed by atoms with van der Waals surface area (Å²) in [5, 5.41) is 0. The summed E-state index contributed by atoms with van der Waals surface area (Å²) >= 11 is 0. The normalized spacial score (nSPS) is 17.2. The smallest absolute Gasteiger partial charge is 0.264 e. The van der Waals surface area contributed by atoms with E-state index in [2.05, 4.69) is 24.3 Å². The quantitative estimate of drug-likeness (QED) is 0.639. The van der Waals surface area contributed by atoms with E-state index < -0.39 is 10.1 Å². The summed E-state index contributed by atoms with van der Waals surface area (Å²) in [5.74, 6) is 0.580. The Kier molecular flexibility index (Phi) is 5.61. The minimum absolute atomic E-state index is 0.130. The van der Waals surface area contributed by atoms with Gasteiger partial charge < -0.3 is 0 Å². The summed E-state index contributed by atoms with van der Waals surface area (Å²) in [6.45, 7) is 0. The highest BCUT2D eigenvalue weighted by molar-refractivity contribution is 7.85. The van der Waals surface area contributed by atoms with Crippen molar-refractivity contribution >= 4 is 10.1 Å². The van der Waals surface area contributed by atoms with Gasteiger partial charge in [-0.2, -0.15) is 8.42 Å². The predicted octanol–water partition coefficient (Wildman–Crippen LogP) is 3.94. The van der Waals surface area contributed by atoms with Crippen LogP contribution in [-0.4, -0.2) is 18.7 Å². The SMILES string of the molecule is O=S(=O)(O)CCCCc1cccc(C2CCCCC2)c1. The second-order valence-electron chi connectivity index (χ2n) is 5.82. The molecular weight excluding hydrogens is 272 g/mol. The van der Waals surface area contributed by atoms with Crippen LogP contribution in [0.5, 0.6) is 0 Å². The molecule has 0 atom stereocenters. The highest BCUT2D eigenvalue weighted by atomic mass is 32.2. The highest BCUT2D eigenvalue weighted by Crippen LogP contribution is 2.32. The Bertz CT molecular complexity index is 516. The maximum atomic E-state index is 10.7. The van der Waals surface area contributed by atoms with Crippen LogP contribution in [0.25, 0.3) is 0 Å². The first-order valence-electron chi connectivity index (χ1n) is 7.58. The van der Waals surface area contributed by atoms with E-state index in [9.17, 15) is 8.42 Å². The molecule has 3 nitrogen and oxygen atoms in total. The number of unbranched alkanes of at least 4 members (excludes halogenated alkanes) is 1. The molecular formula is C16H24O3S. The first-order chi connectivity index (χ1) is 9.54. The summed E-state index contributed by atoms with van der Waals surface area (Å²) in [6, 6.07) is 8.73. The zero-order valence-electron chi connectivity index (χ0n) is 11.9. The minimum Gasteiger partial charge on any atom is -0.286 e. The molecule has 112 valence electrons. The summed E-state index contributed by atoms with van der Waals surface area (Å²) in [5.41, 5.74) is 2.72. The van der Waals surface area contributed by atoms with Crippen LogP contribution in [0.1, 0.15) is 62.0 Å². The largest absolute Gasteiger partial charge is 0.286 e. The maximum absolute atomic E-state index is 10.7. The lowest BCUT2D eigenvalue weighted by Crippen LogP contribution is -2.05. The molecule has 20 heavy (non-hydrogen) atoms. The van der Waals surface area contributed by atoms with Crippen molar-refractivity contribution in [3.8, 4) is 0 Å². The summed E-state index contributed by atoms with van der Waals surface area (Å²) in [6.07, 6.45) is 8.84. The van der Waals surface area contributed by atoms with Crippen LogP contribution in [0.4, 0.5) is 0 Å². The topological polar surface area (TPSA) is 54.4 Å². The van der Waals surface area contributed by atoms with Gasteiger partial charge in [-0.25, -0.2) is 0 Å². The molecule has 4 heteroatoms. The Hall–Kier alpha value is -0.870. The van der Waals surface area contributed by atoms with Gasteiger partial charge in [0.15, 0.2) is 0 Å². The highest BCUT2D eigenvalue weighted by Gasteiger charge is 2.15. The molecule has 1 aromatic rings. The van der Waals surface area contributed by atoms with Crippen LogP contribution in [0.3, 0.4) is 0 Å². The zero-order chi connectivity index (χ0) is 14.4. The Balaban J connectivity index is 1.86. The number of aryl methyl sites for hydroxylation is 1. The van der Waals surface area contributed by atoms with Gasteiger partial charge in [0.25, 0.3) is 10.1 Å².